The number of aliphatic hydroxyl groups is 3. The quantitative estimate of drug-likeness (QED) is 0.0298. The minimum Gasteiger partial charge on any atom is -0.491 e. The maximum atomic E-state index is 13.0. The molecule has 2 aliphatic heterocycles. The Morgan fingerprint density at radius 1 is 0.690 bits per heavy atom. The molecule has 0 aliphatic carbocycles. The number of aliphatic carboxylic acids is 1. The van der Waals surface area contributed by atoms with Crippen molar-refractivity contribution in [3.05, 3.63) is 102 Å². The molecule has 0 aromatic heterocycles. The van der Waals surface area contributed by atoms with Crippen molar-refractivity contribution in [1.29, 1.82) is 0 Å². The number of hydrogen-bond donors (Lipinski definition) is 8. The first-order valence-corrected chi connectivity index (χ1v) is 29.3. The zero-order valence-corrected chi connectivity index (χ0v) is 48.5. The summed E-state index contributed by atoms with van der Waals surface area (Å²) in [6, 6.07) is 20.1. The number of imide groups is 1. The summed E-state index contributed by atoms with van der Waals surface area (Å²) in [5.74, 6) is -4.59. The van der Waals surface area contributed by atoms with Gasteiger partial charge in [0.2, 0.25) is 11.8 Å². The summed E-state index contributed by atoms with van der Waals surface area (Å²) in [5, 5.41) is 54.4. The van der Waals surface area contributed by atoms with Gasteiger partial charge < -0.3 is 79.6 Å². The number of aliphatic hydroxyl groups excluding tert-OH is 3. The van der Waals surface area contributed by atoms with Gasteiger partial charge in [-0.1, -0.05) is 55.0 Å². The molecular weight excluding hydrogens is 1110 g/mol. The highest BCUT2D eigenvalue weighted by Crippen LogP contribution is 2.34. The third-order valence-corrected chi connectivity index (χ3v) is 14.3. The Kier molecular flexibility index (Phi) is 30.8. The average Bonchev–Trinajstić information content (AvgIpc) is 1.98. The Morgan fingerprint density at radius 3 is 1.92 bits per heavy atom. The van der Waals surface area contributed by atoms with E-state index in [4.69, 9.17) is 37.9 Å². The van der Waals surface area contributed by atoms with Crippen molar-refractivity contribution in [1.82, 2.24) is 26.2 Å². The van der Waals surface area contributed by atoms with Gasteiger partial charge in [-0.15, -0.1) is 0 Å². The Bertz CT molecular complexity index is 2540. The van der Waals surface area contributed by atoms with Crippen molar-refractivity contribution < 1.29 is 91.9 Å². The van der Waals surface area contributed by atoms with Crippen LogP contribution in [0.15, 0.2) is 84.9 Å². The van der Waals surface area contributed by atoms with E-state index < -0.39 is 67.0 Å². The van der Waals surface area contributed by atoms with Gasteiger partial charge in [0.25, 0.3) is 29.4 Å². The number of benzene rings is 3. The summed E-state index contributed by atoms with van der Waals surface area (Å²) in [4.78, 5) is 87.1. The third-order valence-electron chi connectivity index (χ3n) is 13.2. The minimum absolute atomic E-state index is 0.0720. The van der Waals surface area contributed by atoms with E-state index in [2.05, 4.69) is 21.3 Å². The van der Waals surface area contributed by atoms with Gasteiger partial charge in [0.05, 0.1) is 90.9 Å². The number of hydrogen-bond acceptors (Lipinski definition) is 19. The Labute approximate surface area is 493 Å². The van der Waals surface area contributed by atoms with Crippen molar-refractivity contribution in [3.8, 4) is 16.9 Å². The second-order valence-corrected chi connectivity index (χ2v) is 20.9. The molecule has 8 N–H and O–H groups in total. The highest BCUT2D eigenvalue weighted by molar-refractivity contribution is 7.99. The van der Waals surface area contributed by atoms with E-state index in [9.17, 15) is 54.0 Å². The lowest BCUT2D eigenvalue weighted by Crippen LogP contribution is -2.68. The summed E-state index contributed by atoms with van der Waals surface area (Å²) >= 11 is 1.48. The second-order valence-electron chi connectivity index (χ2n) is 19.6. The molecule has 462 valence electrons. The summed E-state index contributed by atoms with van der Waals surface area (Å²) in [6.45, 7) is 7.49. The maximum absolute atomic E-state index is 13.0. The zero-order chi connectivity index (χ0) is 60.5. The molecule has 24 nitrogen and oxygen atoms in total. The van der Waals surface area contributed by atoms with Crippen molar-refractivity contribution in [2.24, 2.45) is 0 Å². The number of amides is 6. The highest BCUT2D eigenvalue weighted by atomic mass is 32.2. The largest absolute Gasteiger partial charge is 0.491 e. The van der Waals surface area contributed by atoms with Gasteiger partial charge in [-0.3, -0.25) is 33.7 Å². The number of nitrogens with one attached hydrogen (secondary N) is 4. The first-order chi connectivity index (χ1) is 40.6. The first-order valence-electron chi connectivity index (χ1n) is 28.2. The number of carboxylic acid groups (broad SMARTS) is 1. The van der Waals surface area contributed by atoms with E-state index in [1.165, 1.54) is 35.7 Å². The van der Waals surface area contributed by atoms with Crippen LogP contribution < -0.4 is 26.0 Å². The van der Waals surface area contributed by atoms with Crippen LogP contribution in [0.25, 0.3) is 11.1 Å². The highest BCUT2D eigenvalue weighted by Gasteiger charge is 2.55. The van der Waals surface area contributed by atoms with Gasteiger partial charge in [-0.2, -0.15) is 11.8 Å². The number of unbranched alkanes of at least 4 members (excludes halogenated alkanes) is 2. The Morgan fingerprint density at radius 2 is 1.29 bits per heavy atom. The molecular formula is C59H81N5O19S. The number of carbonyl (C=O) groups is 7. The van der Waals surface area contributed by atoms with Crippen molar-refractivity contribution in [2.45, 2.75) is 88.6 Å². The zero-order valence-electron chi connectivity index (χ0n) is 47.7. The number of carbonyl (C=O) groups excluding carboxylic acids is 6. The topological polar surface area (TPSA) is 326 Å². The smallest absolute Gasteiger partial charge is 0.364 e. The number of thioether (sulfide) groups is 1. The number of carboxylic acids is 1. The van der Waals surface area contributed by atoms with Gasteiger partial charge in [0.1, 0.15) is 24.6 Å². The van der Waals surface area contributed by atoms with Crippen LogP contribution in [-0.4, -0.2) is 220 Å². The standard InChI is InChI=1S/C59H81N5O19S/c1-41-13-14-46(38-49(41)81-35-34-80-33-32-79-31-30-78-29-28-77-27-26-76-25-21-60-50(68)12-7-4-8-23-64-51(69)19-20-52(64)70)57(73)61-22-37-84-36-9-24-82-59(58(74)75)39-47(66)53(63-42(2)65)55(83-59)54(71)48(67)40-62-56(72)45-17-15-44(16-18-45)43-10-5-3-6-11-43/h3,5-6,10-11,13-20,38,47-48,53-55,66-67,71H,4,7-9,12,21-37,39-40H2,1-2H3,(H,60,68)(H,61,73)(H,62,72)(H,63,65)(H,74,75)/t47-,48+,53+,54+,55+,59+/m0/s1. The van der Waals surface area contributed by atoms with Crippen LogP contribution in [0, 0.1) is 6.92 Å². The molecule has 1 saturated heterocycles. The van der Waals surface area contributed by atoms with Crippen molar-refractivity contribution >= 4 is 53.2 Å². The molecule has 0 saturated carbocycles. The number of rotatable bonds is 42. The van der Waals surface area contributed by atoms with Gasteiger partial charge in [0.15, 0.2) is 0 Å². The van der Waals surface area contributed by atoms with Crippen molar-refractivity contribution in [3.63, 3.8) is 0 Å². The number of nitrogens with zero attached hydrogens (tertiary/aromatic N) is 1. The molecule has 3 aromatic rings. The van der Waals surface area contributed by atoms with Crippen LogP contribution in [-0.2, 0) is 57.1 Å². The molecule has 0 unspecified atom stereocenters. The Hall–Kier alpha value is -6.36. The monoisotopic (exact) mass is 1200 g/mol. The molecule has 2 aliphatic rings. The molecule has 25 heteroatoms. The van der Waals surface area contributed by atoms with Gasteiger partial charge in [0, 0.05) is 75.0 Å². The van der Waals surface area contributed by atoms with E-state index in [0.29, 0.717) is 134 Å². The SMILES string of the molecule is CC(=O)N[C@H]1[C@H]([C@H](O)[C@H](O)CNC(=O)c2ccc(-c3ccccc3)cc2)O[C@@](OCCCSCCNC(=O)c2ccc(C)c(OCCOCCOCCOCCOCCOCCNC(=O)CCCCCN3C(=O)C=CC3=O)c2)(C(=O)O)C[C@@H]1O. The summed E-state index contributed by atoms with van der Waals surface area (Å²) in [7, 11) is 0. The van der Waals surface area contributed by atoms with Gasteiger partial charge in [-0.25, -0.2) is 4.79 Å². The summed E-state index contributed by atoms with van der Waals surface area (Å²) in [5.41, 5.74) is 3.39. The van der Waals surface area contributed by atoms with Crippen molar-refractivity contribution in [2.75, 3.05) is 117 Å². The van der Waals surface area contributed by atoms with E-state index in [1.54, 1.807) is 42.5 Å². The predicted octanol–water partition coefficient (Wildman–Crippen LogP) is 2.18. The lowest BCUT2D eigenvalue weighted by atomic mass is 9.88. The number of aryl methyl sites for hydroxylation is 1. The molecule has 2 heterocycles. The lowest BCUT2D eigenvalue weighted by molar-refractivity contribution is -0.310. The lowest BCUT2D eigenvalue weighted by Gasteiger charge is -2.46. The molecule has 0 spiro atoms. The van der Waals surface area contributed by atoms with Gasteiger partial charge in [-0.05, 0) is 72.9 Å². The minimum atomic E-state index is -2.45. The first kappa shape index (κ1) is 68.4. The van der Waals surface area contributed by atoms with E-state index in [0.717, 1.165) is 23.1 Å². The molecule has 0 bridgehead atoms. The van der Waals surface area contributed by atoms with Crippen LogP contribution in [0.3, 0.4) is 0 Å². The molecule has 84 heavy (non-hydrogen) atoms. The number of ether oxygens (including phenoxy) is 8. The van der Waals surface area contributed by atoms with Crippen LogP contribution in [0.5, 0.6) is 5.75 Å². The maximum Gasteiger partial charge on any atom is 0.364 e. The normalized spacial score (nSPS) is 18.3. The fourth-order valence-corrected chi connectivity index (χ4v) is 9.47. The summed E-state index contributed by atoms with van der Waals surface area (Å²) < 4.78 is 45.2. The molecule has 5 rings (SSSR count). The Balaban J connectivity index is 0.858. The van der Waals surface area contributed by atoms with Crippen LogP contribution >= 0.6 is 11.8 Å². The van der Waals surface area contributed by atoms with Crippen LogP contribution in [0.4, 0.5) is 0 Å². The van der Waals surface area contributed by atoms with Crippen LogP contribution in [0.1, 0.15) is 71.7 Å². The van der Waals surface area contributed by atoms with E-state index >= 15 is 0 Å². The third kappa shape index (κ3) is 24.0. The predicted molar refractivity (Wildman–Crippen MR) is 308 cm³/mol. The summed E-state index contributed by atoms with van der Waals surface area (Å²) in [6.07, 6.45) is -2.17. The molecule has 3 aromatic carbocycles. The fourth-order valence-electron chi connectivity index (χ4n) is 8.70. The van der Waals surface area contributed by atoms with Gasteiger partial charge >= 0.3 is 5.97 Å². The molecule has 0 radical (unpaired) electrons. The second kappa shape index (κ2) is 37.8. The van der Waals surface area contributed by atoms with E-state index in [-0.39, 0.29) is 42.4 Å². The molecule has 6 atom stereocenters. The molecule has 1 fully saturated rings. The average molecular weight is 1200 g/mol. The van der Waals surface area contributed by atoms with E-state index in [1.807, 2.05) is 37.3 Å². The fraction of sp³-hybridized carbons (Fsp3) is 0.542. The van der Waals surface area contributed by atoms with Crippen LogP contribution in [0.2, 0.25) is 0 Å². The molecule has 6 amide bonds.